The van der Waals surface area contributed by atoms with Crippen molar-refractivity contribution in [1.82, 2.24) is 29.5 Å². The van der Waals surface area contributed by atoms with Crippen LogP contribution in [-0.2, 0) is 23.6 Å². The van der Waals surface area contributed by atoms with Gasteiger partial charge in [-0.2, -0.15) is 9.10 Å². The van der Waals surface area contributed by atoms with Gasteiger partial charge in [0, 0.05) is 28.7 Å². The van der Waals surface area contributed by atoms with Crippen molar-refractivity contribution in [3.05, 3.63) is 59.8 Å². The van der Waals surface area contributed by atoms with Crippen LogP contribution in [0.1, 0.15) is 24.4 Å². The highest BCUT2D eigenvalue weighted by atomic mass is 32.2. The average Bonchev–Trinajstić information content (AvgIpc) is 3.34. The van der Waals surface area contributed by atoms with E-state index in [2.05, 4.69) is 20.4 Å². The summed E-state index contributed by atoms with van der Waals surface area (Å²) >= 11 is 0. The highest BCUT2D eigenvalue weighted by Gasteiger charge is 2.41. The zero-order valence-electron chi connectivity index (χ0n) is 15.7. The van der Waals surface area contributed by atoms with E-state index in [1.165, 1.54) is 21.2 Å². The summed E-state index contributed by atoms with van der Waals surface area (Å²) in [6.07, 6.45) is 1.81. The lowest BCUT2D eigenvalue weighted by Gasteiger charge is -2.18. The van der Waals surface area contributed by atoms with E-state index in [9.17, 15) is 12.8 Å². The summed E-state index contributed by atoms with van der Waals surface area (Å²) in [4.78, 5) is 4.65. The van der Waals surface area contributed by atoms with Crippen LogP contribution in [0.25, 0.3) is 22.0 Å². The lowest BCUT2D eigenvalue weighted by atomic mass is 9.99. The number of benzene rings is 2. The van der Waals surface area contributed by atoms with E-state index in [0.29, 0.717) is 16.9 Å². The first kappa shape index (κ1) is 18.0. The molecule has 1 N–H and O–H groups in total. The number of fused-ring (bicyclic) bond motifs is 2. The predicted molar refractivity (Wildman–Crippen MR) is 104 cm³/mol. The summed E-state index contributed by atoms with van der Waals surface area (Å²) in [5.74, 6) is 0.0300. The van der Waals surface area contributed by atoms with Gasteiger partial charge in [-0.25, -0.2) is 12.8 Å². The van der Waals surface area contributed by atoms with E-state index in [-0.39, 0.29) is 23.3 Å². The van der Waals surface area contributed by atoms with Crippen LogP contribution in [0.4, 0.5) is 4.39 Å². The zero-order chi connectivity index (χ0) is 20.3. The number of rotatable bonds is 3. The van der Waals surface area contributed by atoms with Crippen molar-refractivity contribution in [2.45, 2.75) is 24.4 Å². The van der Waals surface area contributed by atoms with Gasteiger partial charge < -0.3 is 4.98 Å². The van der Waals surface area contributed by atoms with Crippen LogP contribution >= 0.6 is 0 Å². The summed E-state index contributed by atoms with van der Waals surface area (Å²) < 4.78 is 41.0. The minimum atomic E-state index is -3.66. The van der Waals surface area contributed by atoms with Crippen LogP contribution in [0.3, 0.4) is 0 Å². The molecule has 4 aromatic rings. The highest BCUT2D eigenvalue weighted by Crippen LogP contribution is 2.42. The summed E-state index contributed by atoms with van der Waals surface area (Å²) in [5, 5.41) is 12.6. The Hall–Kier alpha value is -3.11. The Morgan fingerprint density at radius 3 is 2.79 bits per heavy atom. The van der Waals surface area contributed by atoms with Crippen molar-refractivity contribution in [1.29, 1.82) is 0 Å². The van der Waals surface area contributed by atoms with Gasteiger partial charge in [0.15, 0.2) is 5.82 Å². The van der Waals surface area contributed by atoms with Gasteiger partial charge >= 0.3 is 0 Å². The normalized spacial score (nSPS) is 18.4. The molecule has 0 aliphatic carbocycles. The van der Waals surface area contributed by atoms with E-state index in [1.807, 2.05) is 13.0 Å². The first-order chi connectivity index (χ1) is 13.8. The van der Waals surface area contributed by atoms with Gasteiger partial charge in [-0.15, -0.1) is 10.2 Å². The third kappa shape index (κ3) is 2.75. The molecule has 8 nitrogen and oxygen atoms in total. The molecule has 148 valence electrons. The Bertz CT molecular complexity index is 1360. The van der Waals surface area contributed by atoms with Crippen LogP contribution in [0, 0.1) is 5.82 Å². The van der Waals surface area contributed by atoms with Gasteiger partial charge in [-0.05, 0) is 53.6 Å². The third-order valence-electron chi connectivity index (χ3n) is 5.28. The fourth-order valence-corrected chi connectivity index (χ4v) is 5.69. The molecular formula is C19H17FN6O2S. The Kier molecular flexibility index (Phi) is 3.83. The molecule has 0 radical (unpaired) electrons. The summed E-state index contributed by atoms with van der Waals surface area (Å²) in [7, 11) is -2.03. The van der Waals surface area contributed by atoms with E-state index >= 15 is 0 Å². The van der Waals surface area contributed by atoms with Crippen molar-refractivity contribution in [3.8, 4) is 11.1 Å². The molecule has 5 rings (SSSR count). The van der Waals surface area contributed by atoms with E-state index in [0.717, 1.165) is 16.5 Å². The molecule has 0 saturated carbocycles. The molecule has 1 unspecified atom stereocenters. The molecule has 0 bridgehead atoms. The Balaban J connectivity index is 1.57. The summed E-state index contributed by atoms with van der Waals surface area (Å²) in [6, 6.07) is 9.48. The maximum absolute atomic E-state index is 13.5. The fourth-order valence-electron chi connectivity index (χ4n) is 3.85. The number of hydrogen-bond acceptors (Lipinski definition) is 5. The van der Waals surface area contributed by atoms with Crippen LogP contribution < -0.4 is 0 Å². The number of nitrogens with one attached hydrogen (secondary N) is 1. The van der Waals surface area contributed by atoms with Gasteiger partial charge in [-0.1, -0.05) is 6.07 Å². The second kappa shape index (κ2) is 6.19. The molecular weight excluding hydrogens is 395 g/mol. The van der Waals surface area contributed by atoms with Gasteiger partial charge in [0.1, 0.15) is 5.82 Å². The number of sulfonamides is 1. The minimum Gasteiger partial charge on any atom is -0.360 e. The lowest BCUT2D eigenvalue weighted by molar-refractivity contribution is 0.345. The van der Waals surface area contributed by atoms with Crippen LogP contribution in [-0.4, -0.2) is 37.9 Å². The van der Waals surface area contributed by atoms with Crippen LogP contribution in [0.2, 0.25) is 0 Å². The minimum absolute atomic E-state index is 0.0493. The molecule has 1 aliphatic rings. The van der Waals surface area contributed by atoms with Crippen molar-refractivity contribution >= 4 is 20.9 Å². The number of nitrogens with zero attached hydrogens (tertiary/aromatic N) is 5. The maximum atomic E-state index is 13.5. The second-order valence-electron chi connectivity index (χ2n) is 7.07. The number of aromatic amines is 1. The van der Waals surface area contributed by atoms with Gasteiger partial charge in [-0.3, -0.25) is 0 Å². The molecule has 1 aliphatic heterocycles. The first-order valence-electron chi connectivity index (χ1n) is 9.00. The maximum Gasteiger partial charge on any atom is 0.244 e. The largest absolute Gasteiger partial charge is 0.360 e. The predicted octanol–water partition coefficient (Wildman–Crippen LogP) is 2.76. The molecule has 29 heavy (non-hydrogen) atoms. The van der Waals surface area contributed by atoms with E-state index in [1.54, 1.807) is 31.4 Å². The molecule has 2 aromatic heterocycles. The Morgan fingerprint density at radius 2 is 2.03 bits per heavy atom. The number of H-pyrrole nitrogens is 1. The van der Waals surface area contributed by atoms with Crippen molar-refractivity contribution in [3.63, 3.8) is 0 Å². The third-order valence-corrected chi connectivity index (χ3v) is 7.27. The fraction of sp³-hybridized carbons (Fsp3) is 0.211. The van der Waals surface area contributed by atoms with E-state index in [4.69, 9.17) is 0 Å². The van der Waals surface area contributed by atoms with Gasteiger partial charge in [0.2, 0.25) is 10.0 Å². The van der Waals surface area contributed by atoms with Gasteiger partial charge in [0.05, 0.1) is 18.5 Å². The average molecular weight is 412 g/mol. The van der Waals surface area contributed by atoms with Crippen molar-refractivity contribution < 1.29 is 12.8 Å². The molecule has 0 saturated heterocycles. The molecule has 0 fully saturated rings. The van der Waals surface area contributed by atoms with E-state index < -0.39 is 10.0 Å². The number of tetrazole rings is 1. The molecule has 1 atom stereocenters. The Morgan fingerprint density at radius 1 is 1.21 bits per heavy atom. The highest BCUT2D eigenvalue weighted by molar-refractivity contribution is 7.89. The number of hydrogen-bond donors (Lipinski definition) is 1. The number of aryl methyl sites for hydroxylation is 1. The zero-order valence-corrected chi connectivity index (χ0v) is 16.5. The molecule has 3 heterocycles. The van der Waals surface area contributed by atoms with Crippen molar-refractivity contribution in [2.24, 2.45) is 7.05 Å². The quantitative estimate of drug-likeness (QED) is 0.558. The first-order valence-corrected chi connectivity index (χ1v) is 10.4. The molecule has 0 amide bonds. The summed E-state index contributed by atoms with van der Waals surface area (Å²) in [6.45, 7) is 1.89. The lowest BCUT2D eigenvalue weighted by Crippen LogP contribution is -2.27. The van der Waals surface area contributed by atoms with Crippen molar-refractivity contribution in [2.75, 3.05) is 0 Å². The van der Waals surface area contributed by atoms with Crippen LogP contribution in [0.5, 0.6) is 0 Å². The molecule has 0 spiro atoms. The smallest absolute Gasteiger partial charge is 0.244 e. The molecule has 10 heteroatoms. The number of halogens is 1. The Labute approximate surface area is 166 Å². The summed E-state index contributed by atoms with van der Waals surface area (Å²) in [5.41, 5.74) is 3.16. The van der Waals surface area contributed by atoms with Crippen LogP contribution in [0.15, 0.2) is 47.5 Å². The molecule has 2 aromatic carbocycles. The number of aromatic nitrogens is 5. The topological polar surface area (TPSA) is 96.8 Å². The van der Waals surface area contributed by atoms with Gasteiger partial charge in [0.25, 0.3) is 0 Å². The monoisotopic (exact) mass is 412 g/mol. The second-order valence-corrected chi connectivity index (χ2v) is 8.93. The SMILES string of the molecule is CC1c2cc(-c3c[nH]c4cc(F)ccc34)ccc2S(=O)(=O)N1Cc1nnn(C)n1. The standard InChI is InChI=1S/C19H17FN6O2S/c1-11-15-7-12(16-9-21-17-8-13(20)4-5-14(16)17)3-6-18(15)29(27,28)26(11)10-19-22-24-25(2)23-19/h3-9,11,21H,10H2,1-2H3.